The molecule has 0 radical (unpaired) electrons. The van der Waals surface area contributed by atoms with Crippen molar-refractivity contribution in [2.45, 2.75) is 19.4 Å². The van der Waals surface area contributed by atoms with Crippen molar-refractivity contribution >= 4 is 8.53 Å². The Morgan fingerprint density at radius 3 is 2.46 bits per heavy atom. The van der Waals surface area contributed by atoms with E-state index in [2.05, 4.69) is 5.09 Å². The fourth-order valence-corrected chi connectivity index (χ4v) is 1.70. The Hall–Kier alpha value is -0.470. The van der Waals surface area contributed by atoms with Crippen LogP contribution < -0.4 is 5.09 Å². The Morgan fingerprint density at radius 1 is 1.31 bits per heavy atom. The lowest BCUT2D eigenvalue weighted by molar-refractivity contribution is 0.451. The summed E-state index contributed by atoms with van der Waals surface area (Å²) in [4.78, 5) is 17.4. The summed E-state index contributed by atoms with van der Waals surface area (Å²) in [5.41, 5.74) is 1.19. The molecule has 0 aliphatic heterocycles. The molecule has 0 spiro atoms. The number of hydrogen-bond acceptors (Lipinski definition) is 3. The molecular weight excluding hydrogens is 185 g/mol. The highest BCUT2D eigenvalue weighted by molar-refractivity contribution is 7.42. The molecule has 4 heteroatoms. The zero-order valence-corrected chi connectivity index (χ0v) is 8.41. The molecule has 3 nitrogen and oxygen atoms in total. The van der Waals surface area contributed by atoms with Crippen LogP contribution in [0.25, 0.3) is 0 Å². The van der Waals surface area contributed by atoms with Gasteiger partial charge in [-0.25, -0.2) is 5.09 Å². The summed E-state index contributed by atoms with van der Waals surface area (Å²) in [5.74, 6) is 0. The Labute approximate surface area is 79.4 Å². The van der Waals surface area contributed by atoms with Gasteiger partial charge in [-0.1, -0.05) is 30.3 Å². The summed E-state index contributed by atoms with van der Waals surface area (Å²) in [6.45, 7) is 1.93. The van der Waals surface area contributed by atoms with Crippen LogP contribution in [0.2, 0.25) is 0 Å². The standard InChI is InChI=1S/C9H14NO2P/c1-8(10-13(11)12)7-9-5-3-2-4-6-9/h2-6,8,10-12H,7H2,1H3/t8-/m0/s1. The fraction of sp³-hybridized carbons (Fsp3) is 0.333. The number of rotatable bonds is 4. The van der Waals surface area contributed by atoms with Gasteiger partial charge in [-0.3, -0.25) is 0 Å². The summed E-state index contributed by atoms with van der Waals surface area (Å²) < 4.78 is 0. The number of benzene rings is 1. The van der Waals surface area contributed by atoms with E-state index in [0.717, 1.165) is 6.42 Å². The third kappa shape index (κ3) is 4.34. The van der Waals surface area contributed by atoms with Gasteiger partial charge >= 0.3 is 0 Å². The SMILES string of the molecule is C[C@@H](Cc1ccccc1)NP(O)O. The van der Waals surface area contributed by atoms with Gasteiger partial charge in [0.15, 0.2) is 0 Å². The van der Waals surface area contributed by atoms with Gasteiger partial charge in [0.2, 0.25) is 8.53 Å². The van der Waals surface area contributed by atoms with E-state index >= 15 is 0 Å². The molecule has 1 aromatic rings. The average molecular weight is 199 g/mol. The minimum absolute atomic E-state index is 0.0866. The maximum Gasteiger partial charge on any atom is 0.250 e. The van der Waals surface area contributed by atoms with Crippen LogP contribution in [0.3, 0.4) is 0 Å². The minimum Gasteiger partial charge on any atom is -0.338 e. The smallest absolute Gasteiger partial charge is 0.250 e. The molecule has 0 aliphatic rings. The molecule has 3 N–H and O–H groups in total. The molecule has 0 heterocycles. The molecule has 1 aromatic carbocycles. The zero-order valence-electron chi connectivity index (χ0n) is 7.51. The van der Waals surface area contributed by atoms with E-state index in [1.54, 1.807) is 0 Å². The molecule has 0 aromatic heterocycles. The van der Waals surface area contributed by atoms with Gasteiger partial charge in [0.05, 0.1) is 0 Å². The van der Waals surface area contributed by atoms with E-state index in [4.69, 9.17) is 9.79 Å². The normalized spacial score (nSPS) is 13.2. The van der Waals surface area contributed by atoms with Crippen LogP contribution in [0.15, 0.2) is 30.3 Å². The van der Waals surface area contributed by atoms with Gasteiger partial charge in [0, 0.05) is 6.04 Å². The van der Waals surface area contributed by atoms with Gasteiger partial charge in [-0.05, 0) is 18.9 Å². The van der Waals surface area contributed by atoms with Crippen LogP contribution >= 0.6 is 8.53 Å². The number of hydrogen-bond donors (Lipinski definition) is 3. The lowest BCUT2D eigenvalue weighted by Gasteiger charge is -2.13. The highest BCUT2D eigenvalue weighted by atomic mass is 31.2. The van der Waals surface area contributed by atoms with Crippen molar-refractivity contribution < 1.29 is 9.79 Å². The van der Waals surface area contributed by atoms with E-state index in [1.165, 1.54) is 5.56 Å². The molecule has 72 valence electrons. The van der Waals surface area contributed by atoms with Gasteiger partial charge in [0.25, 0.3) is 0 Å². The van der Waals surface area contributed by atoms with Gasteiger partial charge in [-0.15, -0.1) is 0 Å². The van der Waals surface area contributed by atoms with Crippen LogP contribution in [-0.2, 0) is 6.42 Å². The molecule has 0 unspecified atom stereocenters. The average Bonchev–Trinajstić information content (AvgIpc) is 2.04. The van der Waals surface area contributed by atoms with E-state index in [0.29, 0.717) is 0 Å². The maximum absolute atomic E-state index is 8.71. The van der Waals surface area contributed by atoms with E-state index in [1.807, 2.05) is 37.3 Å². The van der Waals surface area contributed by atoms with Crippen LogP contribution in [0, 0.1) is 0 Å². The van der Waals surface area contributed by atoms with Crippen molar-refractivity contribution in [1.29, 1.82) is 0 Å². The maximum atomic E-state index is 8.71. The minimum atomic E-state index is -1.99. The van der Waals surface area contributed by atoms with Crippen molar-refractivity contribution in [1.82, 2.24) is 5.09 Å². The second-order valence-electron chi connectivity index (χ2n) is 3.01. The first-order valence-corrected chi connectivity index (χ1v) is 5.41. The van der Waals surface area contributed by atoms with Crippen molar-refractivity contribution in [2.75, 3.05) is 0 Å². The molecule has 1 rings (SSSR count). The quantitative estimate of drug-likeness (QED) is 0.643. The highest BCUT2D eigenvalue weighted by Gasteiger charge is 2.06. The van der Waals surface area contributed by atoms with E-state index in [9.17, 15) is 0 Å². The third-order valence-electron chi connectivity index (χ3n) is 1.72. The molecular formula is C9H14NO2P. The Morgan fingerprint density at radius 2 is 1.92 bits per heavy atom. The zero-order chi connectivity index (χ0) is 9.68. The number of nitrogens with one attached hydrogen (secondary N) is 1. The molecule has 13 heavy (non-hydrogen) atoms. The predicted octanol–water partition coefficient (Wildman–Crippen LogP) is 1.42. The molecule has 0 fully saturated rings. The van der Waals surface area contributed by atoms with Crippen molar-refractivity contribution in [3.63, 3.8) is 0 Å². The lowest BCUT2D eigenvalue weighted by Crippen LogP contribution is -2.23. The predicted molar refractivity (Wildman–Crippen MR) is 54.1 cm³/mol. The first-order valence-electron chi connectivity index (χ1n) is 4.16. The van der Waals surface area contributed by atoms with E-state index in [-0.39, 0.29) is 6.04 Å². The topological polar surface area (TPSA) is 52.5 Å². The largest absolute Gasteiger partial charge is 0.338 e. The molecule has 0 bridgehead atoms. The molecule has 0 saturated carbocycles. The van der Waals surface area contributed by atoms with Crippen molar-refractivity contribution in [3.8, 4) is 0 Å². The first kappa shape index (κ1) is 10.6. The van der Waals surface area contributed by atoms with E-state index < -0.39 is 8.53 Å². The van der Waals surface area contributed by atoms with Crippen LogP contribution in [0.5, 0.6) is 0 Å². The summed E-state index contributed by atoms with van der Waals surface area (Å²) in [5, 5.41) is 2.67. The Balaban J connectivity index is 2.41. The van der Waals surface area contributed by atoms with Gasteiger partial charge in [0.1, 0.15) is 0 Å². The fourth-order valence-electron chi connectivity index (χ4n) is 1.21. The molecule has 0 amide bonds. The monoisotopic (exact) mass is 199 g/mol. The van der Waals surface area contributed by atoms with Crippen LogP contribution in [0.1, 0.15) is 12.5 Å². The molecule has 1 atom stereocenters. The highest BCUT2D eigenvalue weighted by Crippen LogP contribution is 2.18. The second-order valence-corrected chi connectivity index (χ2v) is 3.85. The van der Waals surface area contributed by atoms with Crippen LogP contribution in [0.4, 0.5) is 0 Å². The lowest BCUT2D eigenvalue weighted by atomic mass is 10.1. The Bertz CT molecular complexity index is 241. The van der Waals surface area contributed by atoms with Crippen molar-refractivity contribution in [2.24, 2.45) is 0 Å². The summed E-state index contributed by atoms with van der Waals surface area (Å²) in [6, 6.07) is 10.0. The van der Waals surface area contributed by atoms with Crippen LogP contribution in [-0.4, -0.2) is 15.8 Å². The summed E-state index contributed by atoms with van der Waals surface area (Å²) >= 11 is 0. The molecule has 0 aliphatic carbocycles. The van der Waals surface area contributed by atoms with Gasteiger partial charge in [-0.2, -0.15) is 0 Å². The summed E-state index contributed by atoms with van der Waals surface area (Å²) in [7, 11) is -1.99. The first-order chi connectivity index (χ1) is 6.18. The molecule has 0 saturated heterocycles. The second kappa shape index (κ2) is 5.30. The summed E-state index contributed by atoms with van der Waals surface area (Å²) in [6.07, 6.45) is 0.806. The third-order valence-corrected chi connectivity index (χ3v) is 2.39. The van der Waals surface area contributed by atoms with Gasteiger partial charge < -0.3 is 9.79 Å². The Kier molecular flexibility index (Phi) is 4.33. The van der Waals surface area contributed by atoms with Crippen molar-refractivity contribution in [3.05, 3.63) is 35.9 Å².